The number of hydrogen-bond donors (Lipinski definition) is 1. The van der Waals surface area contributed by atoms with Gasteiger partial charge in [-0.25, -0.2) is 9.59 Å². The van der Waals surface area contributed by atoms with Crippen LogP contribution in [0.5, 0.6) is 0 Å². The molecule has 1 saturated heterocycles. The van der Waals surface area contributed by atoms with E-state index in [0.717, 1.165) is 32.4 Å². The third-order valence-corrected chi connectivity index (χ3v) is 6.95. The van der Waals surface area contributed by atoms with Crippen LogP contribution in [0, 0.1) is 12.8 Å². The minimum atomic E-state index is -0.675. The number of esters is 1. The SMILES string of the molecule is COC(=O)[C@H](CC(Cc1ccccc1C)SC)N(CC1CCNCC1)C(=O)OC(C)(C)C. The number of amides is 1. The molecule has 0 radical (unpaired) electrons. The molecule has 1 fully saturated rings. The highest BCUT2D eigenvalue weighted by atomic mass is 32.2. The second-order valence-corrected chi connectivity index (χ2v) is 10.7. The van der Waals surface area contributed by atoms with Crippen LogP contribution in [0.2, 0.25) is 0 Å². The number of rotatable bonds is 9. The molecule has 0 spiro atoms. The van der Waals surface area contributed by atoms with Crippen LogP contribution < -0.4 is 5.32 Å². The van der Waals surface area contributed by atoms with Crippen LogP contribution in [0.3, 0.4) is 0 Å². The summed E-state index contributed by atoms with van der Waals surface area (Å²) in [6.45, 7) is 10.0. The fourth-order valence-electron chi connectivity index (χ4n) is 4.08. The Morgan fingerprint density at radius 2 is 1.88 bits per heavy atom. The maximum Gasteiger partial charge on any atom is 0.411 e. The average molecular weight is 465 g/mol. The normalized spacial score (nSPS) is 16.8. The topological polar surface area (TPSA) is 67.9 Å². The smallest absolute Gasteiger partial charge is 0.411 e. The molecule has 1 aliphatic heterocycles. The molecule has 7 heteroatoms. The Hall–Kier alpha value is -1.73. The summed E-state index contributed by atoms with van der Waals surface area (Å²) in [5.41, 5.74) is 1.86. The molecule has 1 heterocycles. The number of carbonyl (C=O) groups excluding carboxylic acids is 2. The Kier molecular flexibility index (Phi) is 10.4. The van der Waals surface area contributed by atoms with E-state index in [2.05, 4.69) is 30.6 Å². The zero-order valence-electron chi connectivity index (χ0n) is 20.5. The van der Waals surface area contributed by atoms with E-state index < -0.39 is 17.7 Å². The highest BCUT2D eigenvalue weighted by Gasteiger charge is 2.37. The highest BCUT2D eigenvalue weighted by Crippen LogP contribution is 2.26. The molecule has 0 aromatic heterocycles. The lowest BCUT2D eigenvalue weighted by molar-refractivity contribution is -0.147. The summed E-state index contributed by atoms with van der Waals surface area (Å²) in [5.74, 6) is -0.0475. The molecule has 2 rings (SSSR count). The van der Waals surface area contributed by atoms with E-state index in [1.807, 2.05) is 32.9 Å². The molecule has 0 bridgehead atoms. The Bertz CT molecular complexity index is 744. The first-order valence-electron chi connectivity index (χ1n) is 11.5. The average Bonchev–Trinajstić information content (AvgIpc) is 2.75. The number of aryl methyl sites for hydroxylation is 1. The second-order valence-electron chi connectivity index (χ2n) is 9.59. The number of ether oxygens (including phenoxy) is 2. The van der Waals surface area contributed by atoms with Gasteiger partial charge in [-0.2, -0.15) is 11.8 Å². The van der Waals surface area contributed by atoms with Crippen molar-refractivity contribution in [2.75, 3.05) is 33.0 Å². The molecular weight excluding hydrogens is 424 g/mol. The monoisotopic (exact) mass is 464 g/mol. The number of methoxy groups -OCH3 is 1. The minimum absolute atomic E-state index is 0.165. The molecule has 1 amide bonds. The molecule has 1 aromatic carbocycles. The van der Waals surface area contributed by atoms with Crippen LogP contribution in [0.1, 0.15) is 51.2 Å². The van der Waals surface area contributed by atoms with E-state index >= 15 is 0 Å². The van der Waals surface area contributed by atoms with Crippen LogP contribution in [-0.4, -0.2) is 66.9 Å². The first-order chi connectivity index (χ1) is 15.1. The quantitative estimate of drug-likeness (QED) is 0.545. The number of hydrogen-bond acceptors (Lipinski definition) is 6. The van der Waals surface area contributed by atoms with Gasteiger partial charge in [0.15, 0.2) is 0 Å². The van der Waals surface area contributed by atoms with Crippen LogP contribution in [-0.2, 0) is 20.7 Å². The number of thioether (sulfide) groups is 1. The van der Waals surface area contributed by atoms with Crippen molar-refractivity contribution >= 4 is 23.8 Å². The summed E-state index contributed by atoms with van der Waals surface area (Å²) < 4.78 is 10.9. The summed E-state index contributed by atoms with van der Waals surface area (Å²) in [6.07, 6.45) is 4.91. The fourth-order valence-corrected chi connectivity index (χ4v) is 4.80. The number of nitrogens with zero attached hydrogens (tertiary/aromatic N) is 1. The van der Waals surface area contributed by atoms with E-state index in [1.54, 1.807) is 16.7 Å². The third kappa shape index (κ3) is 8.32. The van der Waals surface area contributed by atoms with Crippen molar-refractivity contribution < 1.29 is 19.1 Å². The van der Waals surface area contributed by atoms with Crippen LogP contribution in [0.4, 0.5) is 4.79 Å². The molecule has 0 aliphatic carbocycles. The zero-order valence-corrected chi connectivity index (χ0v) is 21.3. The molecule has 32 heavy (non-hydrogen) atoms. The van der Waals surface area contributed by atoms with Crippen LogP contribution >= 0.6 is 11.8 Å². The van der Waals surface area contributed by atoms with Gasteiger partial charge in [-0.05, 0) is 89.8 Å². The number of nitrogens with one attached hydrogen (secondary N) is 1. The zero-order chi connectivity index (χ0) is 23.7. The fraction of sp³-hybridized carbons (Fsp3) is 0.680. The lowest BCUT2D eigenvalue weighted by atomic mass is 9.95. The van der Waals surface area contributed by atoms with Crippen molar-refractivity contribution in [1.82, 2.24) is 10.2 Å². The van der Waals surface area contributed by atoms with Crippen LogP contribution in [0.25, 0.3) is 0 Å². The summed E-state index contributed by atoms with van der Waals surface area (Å²) in [6, 6.07) is 7.64. The molecule has 180 valence electrons. The highest BCUT2D eigenvalue weighted by molar-refractivity contribution is 7.99. The van der Waals surface area contributed by atoms with Crippen molar-refractivity contribution in [3.8, 4) is 0 Å². The van der Waals surface area contributed by atoms with E-state index in [0.29, 0.717) is 18.9 Å². The van der Waals surface area contributed by atoms with Crippen LogP contribution in [0.15, 0.2) is 24.3 Å². The summed E-state index contributed by atoms with van der Waals surface area (Å²) in [5, 5.41) is 3.53. The third-order valence-electron chi connectivity index (χ3n) is 5.92. The lowest BCUT2D eigenvalue weighted by Crippen LogP contribution is -2.51. The molecule has 0 saturated carbocycles. The first-order valence-corrected chi connectivity index (χ1v) is 12.8. The van der Waals surface area contributed by atoms with Crippen molar-refractivity contribution in [3.63, 3.8) is 0 Å². The summed E-state index contributed by atoms with van der Waals surface area (Å²) >= 11 is 1.72. The maximum atomic E-state index is 13.3. The van der Waals surface area contributed by atoms with Crippen molar-refractivity contribution in [2.24, 2.45) is 5.92 Å². The minimum Gasteiger partial charge on any atom is -0.467 e. The predicted octanol–water partition coefficient (Wildman–Crippen LogP) is 4.44. The van der Waals surface area contributed by atoms with Gasteiger partial charge in [-0.3, -0.25) is 4.90 Å². The molecule has 1 aromatic rings. The van der Waals surface area contributed by atoms with Gasteiger partial charge < -0.3 is 14.8 Å². The largest absolute Gasteiger partial charge is 0.467 e. The molecule has 2 atom stereocenters. The van der Waals surface area contributed by atoms with Gasteiger partial charge in [-0.1, -0.05) is 24.3 Å². The number of carbonyl (C=O) groups is 2. The van der Waals surface area contributed by atoms with Gasteiger partial charge in [0.05, 0.1) is 7.11 Å². The predicted molar refractivity (Wildman–Crippen MR) is 131 cm³/mol. The summed E-state index contributed by atoms with van der Waals surface area (Å²) in [7, 11) is 1.39. The Morgan fingerprint density at radius 1 is 1.22 bits per heavy atom. The Labute approximate surface area is 197 Å². The van der Waals surface area contributed by atoms with E-state index in [4.69, 9.17) is 9.47 Å². The Balaban J connectivity index is 2.27. The van der Waals surface area contributed by atoms with E-state index in [-0.39, 0.29) is 11.2 Å². The van der Waals surface area contributed by atoms with E-state index in [1.165, 1.54) is 18.2 Å². The molecule has 1 N–H and O–H groups in total. The van der Waals surface area contributed by atoms with Crippen molar-refractivity contribution in [3.05, 3.63) is 35.4 Å². The maximum absolute atomic E-state index is 13.3. The summed E-state index contributed by atoms with van der Waals surface area (Å²) in [4.78, 5) is 27.8. The standard InChI is InChI=1S/C25H40N2O4S/c1-18-9-7-8-10-20(18)15-21(32-6)16-22(23(28)30-5)27(24(29)31-25(2,3)4)17-19-11-13-26-14-12-19/h7-10,19,21-22,26H,11-17H2,1-6H3/t21?,22-/m0/s1. The van der Waals surface area contributed by atoms with Gasteiger partial charge in [0.1, 0.15) is 11.6 Å². The van der Waals surface area contributed by atoms with Gasteiger partial charge in [-0.15, -0.1) is 0 Å². The molecular formula is C25H40N2O4S. The van der Waals surface area contributed by atoms with E-state index in [9.17, 15) is 9.59 Å². The lowest BCUT2D eigenvalue weighted by Gasteiger charge is -2.36. The first kappa shape index (κ1) is 26.5. The van der Waals surface area contributed by atoms with Gasteiger partial charge >= 0.3 is 12.1 Å². The van der Waals surface area contributed by atoms with Gasteiger partial charge in [0, 0.05) is 11.8 Å². The number of benzene rings is 1. The molecule has 1 unspecified atom stereocenters. The second kappa shape index (κ2) is 12.5. The van der Waals surface area contributed by atoms with Crippen molar-refractivity contribution in [2.45, 2.75) is 70.3 Å². The number of piperidine rings is 1. The van der Waals surface area contributed by atoms with Gasteiger partial charge in [0.25, 0.3) is 0 Å². The van der Waals surface area contributed by atoms with Crippen molar-refractivity contribution in [1.29, 1.82) is 0 Å². The Morgan fingerprint density at radius 3 is 2.44 bits per heavy atom. The van der Waals surface area contributed by atoms with Gasteiger partial charge in [0.2, 0.25) is 0 Å². The molecule has 6 nitrogen and oxygen atoms in total. The molecule has 1 aliphatic rings.